The molecule has 2 aromatic rings. The summed E-state index contributed by atoms with van der Waals surface area (Å²) in [5.41, 5.74) is 7.38. The van der Waals surface area contributed by atoms with Gasteiger partial charge in [0, 0.05) is 44.7 Å². The predicted octanol–water partition coefficient (Wildman–Crippen LogP) is 1.68. The molecule has 2 heterocycles. The highest BCUT2D eigenvalue weighted by Gasteiger charge is 2.39. The zero-order valence-electron chi connectivity index (χ0n) is 14.6. The quantitative estimate of drug-likeness (QED) is 0.403. The summed E-state index contributed by atoms with van der Waals surface area (Å²) in [5.74, 6) is 0.198. The molecule has 9 heteroatoms. The Hall–Kier alpha value is -2.17. The molecule has 3 rings (SSSR count). The highest BCUT2D eigenvalue weighted by molar-refractivity contribution is 14.0. The molecule has 140 valence electrons. The number of halogens is 2. The van der Waals surface area contributed by atoms with Gasteiger partial charge in [-0.1, -0.05) is 0 Å². The van der Waals surface area contributed by atoms with Crippen LogP contribution in [0.2, 0.25) is 0 Å². The summed E-state index contributed by atoms with van der Waals surface area (Å²) < 4.78 is 14.8. The van der Waals surface area contributed by atoms with Crippen molar-refractivity contribution in [1.82, 2.24) is 20.0 Å². The Morgan fingerprint density at radius 3 is 2.77 bits per heavy atom. The first kappa shape index (κ1) is 20.1. The van der Waals surface area contributed by atoms with Gasteiger partial charge in [0.15, 0.2) is 5.96 Å². The molecule has 1 fully saturated rings. The van der Waals surface area contributed by atoms with Gasteiger partial charge < -0.3 is 16.0 Å². The summed E-state index contributed by atoms with van der Waals surface area (Å²) in [5, 5.41) is 7.39. The van der Waals surface area contributed by atoms with Crippen LogP contribution < -0.4 is 11.1 Å². The van der Waals surface area contributed by atoms with E-state index in [0.717, 1.165) is 11.3 Å². The number of hydrogen-bond donors (Lipinski definition) is 2. The summed E-state index contributed by atoms with van der Waals surface area (Å²) >= 11 is 0. The van der Waals surface area contributed by atoms with Crippen LogP contribution in [0.3, 0.4) is 0 Å². The molecule has 0 bridgehead atoms. The molecule has 1 aromatic carbocycles. The minimum Gasteiger partial charge on any atom is -0.370 e. The monoisotopic (exact) mass is 472 g/mol. The van der Waals surface area contributed by atoms with E-state index >= 15 is 0 Å². The lowest BCUT2D eigenvalue weighted by molar-refractivity contribution is -0.127. The van der Waals surface area contributed by atoms with Gasteiger partial charge in [0.25, 0.3) is 0 Å². The molecule has 0 unspecified atom stereocenters. The number of rotatable bonds is 4. The molecular formula is C17H22FIN6O. The van der Waals surface area contributed by atoms with Crippen LogP contribution in [0, 0.1) is 11.7 Å². The van der Waals surface area contributed by atoms with Gasteiger partial charge in [-0.05, 0) is 24.3 Å². The first-order chi connectivity index (χ1) is 12.0. The van der Waals surface area contributed by atoms with Crippen molar-refractivity contribution >= 4 is 35.8 Å². The number of amides is 1. The summed E-state index contributed by atoms with van der Waals surface area (Å²) in [6.07, 6.45) is 4.05. The lowest BCUT2D eigenvalue weighted by atomic mass is 9.96. The SMILES string of the molecule is CN=C(N)NC[C@@H]1CC(=O)N(C)[C@H]1c1cnn(-c2ccc(F)cc2)c1.I. The predicted molar refractivity (Wildman–Crippen MR) is 108 cm³/mol. The van der Waals surface area contributed by atoms with Crippen LogP contribution in [0.25, 0.3) is 5.69 Å². The van der Waals surface area contributed by atoms with Crippen molar-refractivity contribution in [1.29, 1.82) is 0 Å². The largest absolute Gasteiger partial charge is 0.370 e. The number of guanidine groups is 1. The van der Waals surface area contributed by atoms with Crippen LogP contribution in [0.1, 0.15) is 18.0 Å². The smallest absolute Gasteiger partial charge is 0.223 e. The lowest BCUT2D eigenvalue weighted by Gasteiger charge is -2.24. The molecule has 3 N–H and O–H groups in total. The van der Waals surface area contributed by atoms with Crippen molar-refractivity contribution in [3.05, 3.63) is 48.0 Å². The van der Waals surface area contributed by atoms with Crippen LogP contribution >= 0.6 is 24.0 Å². The third kappa shape index (κ3) is 4.14. The fraction of sp³-hybridized carbons (Fsp3) is 0.353. The molecule has 0 radical (unpaired) electrons. The molecule has 1 saturated heterocycles. The maximum atomic E-state index is 13.1. The first-order valence-corrected chi connectivity index (χ1v) is 8.02. The summed E-state index contributed by atoms with van der Waals surface area (Å²) in [7, 11) is 3.40. The van der Waals surface area contributed by atoms with E-state index in [9.17, 15) is 9.18 Å². The highest BCUT2D eigenvalue weighted by Crippen LogP contribution is 2.36. The van der Waals surface area contributed by atoms with Gasteiger partial charge in [0.1, 0.15) is 5.82 Å². The topological polar surface area (TPSA) is 88.5 Å². The number of nitrogens with zero attached hydrogens (tertiary/aromatic N) is 4. The molecule has 0 spiro atoms. The standard InChI is InChI=1S/C17H21FN6O.HI/c1-20-17(19)21-8-11-7-15(25)23(2)16(11)12-9-22-24(10-12)14-5-3-13(18)4-6-14;/h3-6,9-11,16H,7-8H2,1-2H3,(H3,19,20,21);1H/t11-,16+;/m0./s1. The number of benzene rings is 1. The second kappa shape index (κ2) is 8.47. The minimum absolute atomic E-state index is 0. The van der Waals surface area contributed by atoms with Gasteiger partial charge >= 0.3 is 0 Å². The van der Waals surface area contributed by atoms with Crippen LogP contribution in [-0.2, 0) is 4.79 Å². The molecule has 1 aromatic heterocycles. The third-order valence-corrected chi connectivity index (χ3v) is 4.52. The van der Waals surface area contributed by atoms with E-state index in [1.807, 2.05) is 6.20 Å². The summed E-state index contributed by atoms with van der Waals surface area (Å²) in [4.78, 5) is 17.8. The van der Waals surface area contributed by atoms with Gasteiger partial charge in [0.2, 0.25) is 5.91 Å². The number of carbonyl (C=O) groups is 1. The van der Waals surface area contributed by atoms with Gasteiger partial charge in [0.05, 0.1) is 17.9 Å². The molecule has 1 amide bonds. The first-order valence-electron chi connectivity index (χ1n) is 8.02. The van der Waals surface area contributed by atoms with E-state index in [2.05, 4.69) is 15.4 Å². The van der Waals surface area contributed by atoms with Gasteiger partial charge in [-0.25, -0.2) is 9.07 Å². The van der Waals surface area contributed by atoms with Crippen LogP contribution in [0.4, 0.5) is 4.39 Å². The second-order valence-electron chi connectivity index (χ2n) is 6.10. The summed E-state index contributed by atoms with van der Waals surface area (Å²) in [6.45, 7) is 0.547. The fourth-order valence-corrected chi connectivity index (χ4v) is 3.17. The van der Waals surface area contributed by atoms with Crippen molar-refractivity contribution in [3.8, 4) is 5.69 Å². The molecule has 1 aliphatic heterocycles. The average molecular weight is 472 g/mol. The minimum atomic E-state index is -0.293. The Kier molecular flexibility index (Phi) is 6.57. The number of likely N-dealkylation sites (tertiary alicyclic amines) is 1. The Bertz CT molecular complexity index is 791. The molecule has 2 atom stereocenters. The Balaban J connectivity index is 0.00000243. The number of hydrogen-bond acceptors (Lipinski definition) is 3. The van der Waals surface area contributed by atoms with Crippen molar-refractivity contribution in [3.63, 3.8) is 0 Å². The van der Waals surface area contributed by atoms with Crippen LogP contribution in [0.15, 0.2) is 41.7 Å². The molecule has 1 aliphatic rings. The Labute approximate surface area is 168 Å². The van der Waals surface area contributed by atoms with Crippen molar-refractivity contribution < 1.29 is 9.18 Å². The van der Waals surface area contributed by atoms with Crippen molar-refractivity contribution in [2.24, 2.45) is 16.6 Å². The normalized spacial score (nSPS) is 20.2. The highest BCUT2D eigenvalue weighted by atomic mass is 127. The maximum absolute atomic E-state index is 13.1. The second-order valence-corrected chi connectivity index (χ2v) is 6.10. The van der Waals surface area contributed by atoms with Crippen LogP contribution in [0.5, 0.6) is 0 Å². The van der Waals surface area contributed by atoms with E-state index in [0.29, 0.717) is 18.9 Å². The molecule has 0 aliphatic carbocycles. The van der Waals surface area contributed by atoms with Gasteiger partial charge in [-0.3, -0.25) is 9.79 Å². The van der Waals surface area contributed by atoms with E-state index in [1.165, 1.54) is 12.1 Å². The van der Waals surface area contributed by atoms with E-state index in [-0.39, 0.29) is 47.7 Å². The number of nitrogens with one attached hydrogen (secondary N) is 1. The third-order valence-electron chi connectivity index (χ3n) is 4.52. The number of carbonyl (C=O) groups excluding carboxylic acids is 1. The Morgan fingerprint density at radius 2 is 2.12 bits per heavy atom. The zero-order chi connectivity index (χ0) is 18.0. The molecule has 7 nitrogen and oxygen atoms in total. The van der Waals surface area contributed by atoms with Crippen LogP contribution in [-0.4, -0.2) is 47.2 Å². The number of nitrogens with two attached hydrogens (primary N) is 1. The molecular weight excluding hydrogens is 450 g/mol. The number of aliphatic imine (C=N–C) groups is 1. The van der Waals surface area contributed by atoms with Gasteiger partial charge in [-0.2, -0.15) is 5.10 Å². The van der Waals surface area contributed by atoms with Gasteiger partial charge in [-0.15, -0.1) is 24.0 Å². The Morgan fingerprint density at radius 1 is 1.42 bits per heavy atom. The van der Waals surface area contributed by atoms with E-state index in [4.69, 9.17) is 5.73 Å². The fourth-order valence-electron chi connectivity index (χ4n) is 3.17. The number of aromatic nitrogens is 2. The summed E-state index contributed by atoms with van der Waals surface area (Å²) in [6, 6.07) is 6.00. The van der Waals surface area contributed by atoms with Crippen molar-refractivity contribution in [2.75, 3.05) is 20.6 Å². The maximum Gasteiger partial charge on any atom is 0.223 e. The van der Waals surface area contributed by atoms with E-state index < -0.39 is 0 Å². The van der Waals surface area contributed by atoms with Crippen molar-refractivity contribution in [2.45, 2.75) is 12.5 Å². The zero-order valence-corrected chi connectivity index (χ0v) is 16.9. The van der Waals surface area contributed by atoms with E-state index in [1.54, 1.807) is 42.0 Å². The average Bonchev–Trinajstić information content (AvgIpc) is 3.19. The molecule has 0 saturated carbocycles. The lowest BCUT2D eigenvalue weighted by Crippen LogP contribution is -2.36. The molecule has 26 heavy (non-hydrogen) atoms.